The number of phenolic OH excluding ortho intramolecular Hbond substituents is 1. The second-order valence-electron chi connectivity index (χ2n) is 6.90. The Labute approximate surface area is 189 Å². The van der Waals surface area contributed by atoms with E-state index in [9.17, 15) is 14.7 Å². The van der Waals surface area contributed by atoms with Crippen molar-refractivity contribution in [3.8, 4) is 5.75 Å². The van der Waals surface area contributed by atoms with Crippen molar-refractivity contribution in [2.75, 3.05) is 5.32 Å². The van der Waals surface area contributed by atoms with E-state index < -0.39 is 11.8 Å². The van der Waals surface area contributed by atoms with Crippen LogP contribution in [-0.2, 0) is 0 Å². The number of anilines is 1. The third kappa shape index (κ3) is 4.45. The van der Waals surface area contributed by atoms with E-state index in [2.05, 4.69) is 15.8 Å². The first-order chi connectivity index (χ1) is 15.5. The quantitative estimate of drug-likeness (QED) is 0.292. The van der Waals surface area contributed by atoms with Gasteiger partial charge in [0, 0.05) is 5.56 Å². The van der Waals surface area contributed by atoms with Crippen LogP contribution in [0.4, 0.5) is 5.69 Å². The highest BCUT2D eigenvalue weighted by molar-refractivity contribution is 6.34. The van der Waals surface area contributed by atoms with Crippen LogP contribution in [0, 0.1) is 0 Å². The number of amides is 2. The van der Waals surface area contributed by atoms with Crippen molar-refractivity contribution >= 4 is 46.1 Å². The average molecular weight is 444 g/mol. The Morgan fingerprint density at radius 3 is 2.31 bits per heavy atom. The first-order valence-corrected chi connectivity index (χ1v) is 10.1. The van der Waals surface area contributed by atoms with Gasteiger partial charge in [-0.1, -0.05) is 66.2 Å². The number of rotatable bonds is 5. The lowest BCUT2D eigenvalue weighted by molar-refractivity contribution is 0.0956. The summed E-state index contributed by atoms with van der Waals surface area (Å²) < 4.78 is 0. The molecule has 6 nitrogen and oxygen atoms in total. The van der Waals surface area contributed by atoms with Gasteiger partial charge in [-0.15, -0.1) is 0 Å². The Hall–Kier alpha value is -4.16. The Morgan fingerprint density at radius 2 is 1.50 bits per heavy atom. The van der Waals surface area contributed by atoms with Crippen molar-refractivity contribution in [3.05, 3.63) is 107 Å². The lowest BCUT2D eigenvalue weighted by atomic mass is 10.0. The summed E-state index contributed by atoms with van der Waals surface area (Å²) in [6.07, 6.45) is 1.39. The number of nitrogens with zero attached hydrogens (tertiary/aromatic N) is 1. The first-order valence-electron chi connectivity index (χ1n) is 9.73. The van der Waals surface area contributed by atoms with E-state index in [0.29, 0.717) is 21.8 Å². The second-order valence-corrected chi connectivity index (χ2v) is 7.31. The number of nitrogens with one attached hydrogen (secondary N) is 2. The van der Waals surface area contributed by atoms with Crippen molar-refractivity contribution in [2.24, 2.45) is 5.10 Å². The minimum absolute atomic E-state index is 0.0501. The minimum Gasteiger partial charge on any atom is -0.507 e. The molecule has 0 aromatic heterocycles. The SMILES string of the molecule is O=C(Nc1ccccc1C(=O)NN=Cc1c(O)ccc2ccccc12)c1ccccc1Cl. The van der Waals surface area contributed by atoms with Crippen molar-refractivity contribution < 1.29 is 14.7 Å². The van der Waals surface area contributed by atoms with Crippen LogP contribution in [0.15, 0.2) is 90.0 Å². The zero-order valence-corrected chi connectivity index (χ0v) is 17.5. The molecule has 0 saturated heterocycles. The predicted octanol–water partition coefficient (Wildman–Crippen LogP) is 5.22. The van der Waals surface area contributed by atoms with E-state index in [0.717, 1.165) is 10.8 Å². The fourth-order valence-corrected chi connectivity index (χ4v) is 3.48. The van der Waals surface area contributed by atoms with Gasteiger partial charge in [0.25, 0.3) is 11.8 Å². The number of fused-ring (bicyclic) bond motifs is 1. The van der Waals surface area contributed by atoms with Gasteiger partial charge in [-0.2, -0.15) is 5.10 Å². The van der Waals surface area contributed by atoms with Crippen molar-refractivity contribution in [1.82, 2.24) is 5.43 Å². The van der Waals surface area contributed by atoms with Crippen LogP contribution in [0.2, 0.25) is 5.02 Å². The molecule has 7 heteroatoms. The molecule has 4 aromatic carbocycles. The lowest BCUT2D eigenvalue weighted by Gasteiger charge is -2.11. The molecule has 0 saturated carbocycles. The molecule has 4 aromatic rings. The average Bonchev–Trinajstić information content (AvgIpc) is 2.81. The molecule has 158 valence electrons. The molecule has 0 heterocycles. The van der Waals surface area contributed by atoms with Crippen LogP contribution >= 0.6 is 11.6 Å². The monoisotopic (exact) mass is 443 g/mol. The number of benzene rings is 4. The number of hydrazone groups is 1. The molecule has 0 radical (unpaired) electrons. The van der Waals surface area contributed by atoms with Crippen molar-refractivity contribution in [2.45, 2.75) is 0 Å². The van der Waals surface area contributed by atoms with E-state index in [1.807, 2.05) is 24.3 Å². The molecule has 0 unspecified atom stereocenters. The van der Waals surface area contributed by atoms with E-state index in [4.69, 9.17) is 11.6 Å². The van der Waals surface area contributed by atoms with Gasteiger partial charge >= 0.3 is 0 Å². The van der Waals surface area contributed by atoms with Gasteiger partial charge in [0.2, 0.25) is 0 Å². The molecular formula is C25H18ClN3O3. The fraction of sp³-hybridized carbons (Fsp3) is 0. The molecule has 0 atom stereocenters. The molecule has 0 aliphatic carbocycles. The van der Waals surface area contributed by atoms with Crippen molar-refractivity contribution in [3.63, 3.8) is 0 Å². The van der Waals surface area contributed by atoms with Gasteiger partial charge in [-0.05, 0) is 41.1 Å². The Bertz CT molecular complexity index is 1350. The summed E-state index contributed by atoms with van der Waals surface area (Å²) in [6, 6.07) is 24.1. The zero-order chi connectivity index (χ0) is 22.5. The van der Waals surface area contributed by atoms with E-state index >= 15 is 0 Å². The highest BCUT2D eigenvalue weighted by atomic mass is 35.5. The van der Waals surface area contributed by atoms with Crippen LogP contribution < -0.4 is 10.7 Å². The Kier molecular flexibility index (Phi) is 6.14. The maximum absolute atomic E-state index is 12.7. The predicted molar refractivity (Wildman–Crippen MR) is 127 cm³/mol. The molecule has 3 N–H and O–H groups in total. The molecule has 0 bridgehead atoms. The zero-order valence-electron chi connectivity index (χ0n) is 16.7. The number of aromatic hydroxyl groups is 1. The molecule has 0 aliphatic heterocycles. The summed E-state index contributed by atoms with van der Waals surface area (Å²) >= 11 is 6.09. The topological polar surface area (TPSA) is 90.8 Å². The number of carbonyl (C=O) groups excluding carboxylic acids is 2. The number of para-hydroxylation sites is 1. The van der Waals surface area contributed by atoms with Gasteiger partial charge in [-0.3, -0.25) is 9.59 Å². The van der Waals surface area contributed by atoms with E-state index in [1.165, 1.54) is 6.21 Å². The molecule has 0 fully saturated rings. The highest BCUT2D eigenvalue weighted by Gasteiger charge is 2.15. The Balaban J connectivity index is 1.54. The first kappa shape index (κ1) is 21.1. The maximum atomic E-state index is 12.7. The van der Waals surface area contributed by atoms with E-state index in [1.54, 1.807) is 60.7 Å². The van der Waals surface area contributed by atoms with Crippen LogP contribution in [0.3, 0.4) is 0 Å². The molecule has 4 rings (SSSR count). The fourth-order valence-electron chi connectivity index (χ4n) is 3.26. The normalized spacial score (nSPS) is 10.9. The minimum atomic E-state index is -0.518. The van der Waals surface area contributed by atoms with Gasteiger partial charge < -0.3 is 10.4 Å². The number of hydrogen-bond acceptors (Lipinski definition) is 4. The maximum Gasteiger partial charge on any atom is 0.273 e. The standard InChI is InChI=1S/C25H18ClN3O3/c26-21-11-5-3-9-18(21)24(31)28-22-12-6-4-10-19(22)25(32)29-27-15-20-17-8-2-1-7-16(17)13-14-23(20)30/h1-15,30H,(H,28,31)(H,29,32). The lowest BCUT2D eigenvalue weighted by Crippen LogP contribution is -2.21. The summed E-state index contributed by atoms with van der Waals surface area (Å²) in [7, 11) is 0. The van der Waals surface area contributed by atoms with Gasteiger partial charge in [0.1, 0.15) is 5.75 Å². The van der Waals surface area contributed by atoms with Crippen LogP contribution in [0.5, 0.6) is 5.75 Å². The van der Waals surface area contributed by atoms with Gasteiger partial charge in [-0.25, -0.2) is 5.43 Å². The summed E-state index contributed by atoms with van der Waals surface area (Å²) in [5.41, 5.74) is 3.78. The van der Waals surface area contributed by atoms with Gasteiger partial charge in [0.05, 0.1) is 28.1 Å². The summed E-state index contributed by atoms with van der Waals surface area (Å²) in [5.74, 6) is -0.898. The van der Waals surface area contributed by atoms with Crippen LogP contribution in [0.25, 0.3) is 10.8 Å². The highest BCUT2D eigenvalue weighted by Crippen LogP contribution is 2.25. The van der Waals surface area contributed by atoms with Crippen LogP contribution in [-0.4, -0.2) is 23.1 Å². The Morgan fingerprint density at radius 1 is 0.812 bits per heavy atom. The molecule has 32 heavy (non-hydrogen) atoms. The van der Waals surface area contributed by atoms with Crippen LogP contribution in [0.1, 0.15) is 26.3 Å². The molecule has 0 spiro atoms. The summed E-state index contributed by atoms with van der Waals surface area (Å²) in [6.45, 7) is 0. The van der Waals surface area contributed by atoms with Crippen molar-refractivity contribution in [1.29, 1.82) is 0 Å². The number of carbonyl (C=O) groups is 2. The molecular weight excluding hydrogens is 426 g/mol. The summed E-state index contributed by atoms with van der Waals surface area (Å²) in [5, 5.41) is 19.0. The number of halogens is 1. The third-order valence-corrected chi connectivity index (χ3v) is 5.18. The number of hydrogen-bond donors (Lipinski definition) is 3. The second kappa shape index (κ2) is 9.32. The molecule has 0 aliphatic rings. The molecule has 2 amide bonds. The third-order valence-electron chi connectivity index (χ3n) is 4.85. The van der Waals surface area contributed by atoms with E-state index in [-0.39, 0.29) is 11.3 Å². The smallest absolute Gasteiger partial charge is 0.273 e. The largest absolute Gasteiger partial charge is 0.507 e. The summed E-state index contributed by atoms with van der Waals surface area (Å²) in [4.78, 5) is 25.3. The number of phenols is 1. The van der Waals surface area contributed by atoms with Gasteiger partial charge in [0.15, 0.2) is 0 Å².